The van der Waals surface area contributed by atoms with Gasteiger partial charge in [0.1, 0.15) is 21.2 Å². The van der Waals surface area contributed by atoms with Crippen molar-refractivity contribution in [1.29, 1.82) is 0 Å². The lowest BCUT2D eigenvalue weighted by Crippen LogP contribution is -2.43. The van der Waals surface area contributed by atoms with Gasteiger partial charge in [-0.2, -0.15) is 0 Å². The van der Waals surface area contributed by atoms with Gasteiger partial charge in [0.25, 0.3) is 0 Å². The van der Waals surface area contributed by atoms with E-state index in [0.29, 0.717) is 19.5 Å². The summed E-state index contributed by atoms with van der Waals surface area (Å²) in [5, 5.41) is 4.42. The van der Waals surface area contributed by atoms with Crippen LogP contribution in [0.1, 0.15) is 26.0 Å². The van der Waals surface area contributed by atoms with Crippen molar-refractivity contribution in [2.75, 3.05) is 32.6 Å². The summed E-state index contributed by atoms with van der Waals surface area (Å²) in [7, 11) is 0.735. The highest BCUT2D eigenvalue weighted by Gasteiger charge is 2.21. The second-order valence-corrected chi connectivity index (χ2v) is 9.81. The lowest BCUT2D eigenvalue weighted by atomic mass is 9.90. The number of para-hydroxylation sites is 1. The number of hydrogen-bond acceptors (Lipinski definition) is 4. The Bertz CT molecular complexity index is 836. The highest BCUT2D eigenvalue weighted by molar-refractivity contribution is 7.90. The fourth-order valence-corrected chi connectivity index (χ4v) is 3.60. The first kappa shape index (κ1) is 20.3. The van der Waals surface area contributed by atoms with Crippen LogP contribution in [0.4, 0.5) is 0 Å². The molecule has 0 atom stereocenters. The number of guanidine groups is 1. The Kier molecular flexibility index (Phi) is 6.34. The van der Waals surface area contributed by atoms with Gasteiger partial charge in [0, 0.05) is 32.3 Å². The van der Waals surface area contributed by atoms with Crippen molar-refractivity contribution >= 4 is 26.8 Å². The second kappa shape index (κ2) is 8.12. The van der Waals surface area contributed by atoms with Gasteiger partial charge in [-0.05, 0) is 24.0 Å². The van der Waals surface area contributed by atoms with Crippen molar-refractivity contribution in [3.63, 3.8) is 0 Å². The fourth-order valence-electron chi connectivity index (χ4n) is 2.68. The summed E-state index contributed by atoms with van der Waals surface area (Å²) in [6.07, 6.45) is 1.87. The fraction of sp³-hybridized carbons (Fsp3) is 0.526. The summed E-state index contributed by atoms with van der Waals surface area (Å²) in [4.78, 5) is 6.31. The van der Waals surface area contributed by atoms with Gasteiger partial charge in [-0.25, -0.2) is 8.42 Å². The van der Waals surface area contributed by atoms with Crippen molar-refractivity contribution < 1.29 is 12.8 Å². The van der Waals surface area contributed by atoms with E-state index in [2.05, 4.69) is 24.2 Å². The minimum Gasteiger partial charge on any atom is -0.459 e. The van der Waals surface area contributed by atoms with Crippen molar-refractivity contribution in [2.24, 2.45) is 10.4 Å². The number of hydrogen-bond donors (Lipinski definition) is 1. The van der Waals surface area contributed by atoms with Gasteiger partial charge in [0.2, 0.25) is 0 Å². The molecule has 0 spiro atoms. The summed E-state index contributed by atoms with van der Waals surface area (Å²) in [6, 6.07) is 9.97. The van der Waals surface area contributed by atoms with E-state index in [9.17, 15) is 8.42 Å². The van der Waals surface area contributed by atoms with Gasteiger partial charge >= 0.3 is 0 Å². The van der Waals surface area contributed by atoms with E-state index in [1.54, 1.807) is 7.05 Å². The molecule has 0 bridgehead atoms. The predicted octanol–water partition coefficient (Wildman–Crippen LogP) is 2.90. The Balaban J connectivity index is 1.94. The largest absolute Gasteiger partial charge is 0.459 e. The average Bonchev–Trinajstić information content (AvgIpc) is 2.95. The third kappa shape index (κ3) is 6.05. The van der Waals surface area contributed by atoms with Gasteiger partial charge in [-0.1, -0.05) is 32.0 Å². The first-order chi connectivity index (χ1) is 12.1. The molecule has 0 saturated heterocycles. The standard InChI is InChI=1S/C19H29N3O3S/c1-19(2,10-11-26(5,23)24)14-21-18(20-3)22(4)13-16-12-15-8-6-7-9-17(15)25-16/h6-9,12H,10-11,13-14H2,1-5H3,(H,20,21). The molecule has 7 heteroatoms. The van der Waals surface area contributed by atoms with Crippen LogP contribution in [0.15, 0.2) is 39.7 Å². The van der Waals surface area contributed by atoms with Crippen molar-refractivity contribution in [1.82, 2.24) is 10.2 Å². The highest BCUT2D eigenvalue weighted by Crippen LogP contribution is 2.21. The van der Waals surface area contributed by atoms with Crippen molar-refractivity contribution in [3.05, 3.63) is 36.1 Å². The third-order valence-corrected chi connectivity index (χ3v) is 5.26. The first-order valence-electron chi connectivity index (χ1n) is 8.67. The normalized spacial score (nSPS) is 13.2. The van der Waals surface area contributed by atoms with E-state index in [4.69, 9.17) is 4.42 Å². The summed E-state index contributed by atoms with van der Waals surface area (Å²) < 4.78 is 28.7. The Labute approximate surface area is 156 Å². The minimum atomic E-state index is -2.95. The molecule has 0 aliphatic rings. The summed E-state index contributed by atoms with van der Waals surface area (Å²) in [5.74, 6) is 1.81. The Morgan fingerprint density at radius 3 is 2.62 bits per heavy atom. The predicted molar refractivity (Wildman–Crippen MR) is 107 cm³/mol. The van der Waals surface area contributed by atoms with Crippen LogP contribution in [0.3, 0.4) is 0 Å². The molecule has 0 radical (unpaired) electrons. The topological polar surface area (TPSA) is 74.9 Å². The van der Waals surface area contributed by atoms with E-state index in [1.807, 2.05) is 42.3 Å². The van der Waals surface area contributed by atoms with E-state index in [-0.39, 0.29) is 11.2 Å². The molecular weight excluding hydrogens is 350 g/mol. The molecule has 0 amide bonds. The molecule has 1 N–H and O–H groups in total. The molecule has 0 aliphatic carbocycles. The molecule has 1 heterocycles. The lowest BCUT2D eigenvalue weighted by Gasteiger charge is -2.28. The molecule has 1 aromatic carbocycles. The van der Waals surface area contributed by atoms with Crippen molar-refractivity contribution in [3.8, 4) is 0 Å². The number of nitrogens with one attached hydrogen (secondary N) is 1. The second-order valence-electron chi connectivity index (χ2n) is 7.55. The molecule has 0 fully saturated rings. The van der Waals surface area contributed by atoms with Crippen LogP contribution in [-0.4, -0.2) is 51.9 Å². The summed E-state index contributed by atoms with van der Waals surface area (Å²) in [6.45, 7) is 5.34. The first-order valence-corrected chi connectivity index (χ1v) is 10.7. The Morgan fingerprint density at radius 2 is 2.00 bits per heavy atom. The minimum absolute atomic E-state index is 0.154. The molecule has 0 unspecified atom stereocenters. The third-order valence-electron chi connectivity index (χ3n) is 4.32. The number of benzene rings is 1. The Hall–Kier alpha value is -2.02. The van der Waals surface area contributed by atoms with Gasteiger partial charge < -0.3 is 14.6 Å². The van der Waals surface area contributed by atoms with E-state index < -0.39 is 9.84 Å². The molecule has 6 nitrogen and oxygen atoms in total. The van der Waals surface area contributed by atoms with Gasteiger partial charge in [-0.3, -0.25) is 4.99 Å². The number of rotatable bonds is 7. The van der Waals surface area contributed by atoms with Crippen LogP contribution in [0.5, 0.6) is 0 Å². The van der Waals surface area contributed by atoms with Gasteiger partial charge in [0.15, 0.2) is 5.96 Å². The number of aliphatic imine (C=N–C) groups is 1. The van der Waals surface area contributed by atoms with Crippen LogP contribution in [0.25, 0.3) is 11.0 Å². The average molecular weight is 380 g/mol. The number of fused-ring (bicyclic) bond motifs is 1. The zero-order valence-corrected chi connectivity index (χ0v) is 17.1. The van der Waals surface area contributed by atoms with E-state index >= 15 is 0 Å². The van der Waals surface area contributed by atoms with Gasteiger partial charge in [-0.15, -0.1) is 0 Å². The molecular formula is C19H29N3O3S. The van der Waals surface area contributed by atoms with Crippen LogP contribution < -0.4 is 5.32 Å². The van der Waals surface area contributed by atoms with Gasteiger partial charge in [0.05, 0.1) is 12.3 Å². The molecule has 0 aliphatic heterocycles. The number of furan rings is 1. The SMILES string of the molecule is CN=C(NCC(C)(C)CCS(C)(=O)=O)N(C)Cc1cc2ccccc2o1. The monoisotopic (exact) mass is 379 g/mol. The molecule has 26 heavy (non-hydrogen) atoms. The van der Waals surface area contributed by atoms with Crippen LogP contribution in [0, 0.1) is 5.41 Å². The maximum Gasteiger partial charge on any atom is 0.193 e. The molecule has 144 valence electrons. The summed E-state index contributed by atoms with van der Waals surface area (Å²) in [5.41, 5.74) is 0.722. The molecule has 1 aromatic heterocycles. The Morgan fingerprint density at radius 1 is 1.31 bits per heavy atom. The zero-order chi connectivity index (χ0) is 19.4. The smallest absolute Gasteiger partial charge is 0.193 e. The lowest BCUT2D eigenvalue weighted by molar-refractivity contribution is 0.337. The highest BCUT2D eigenvalue weighted by atomic mass is 32.2. The molecule has 2 aromatic rings. The summed E-state index contributed by atoms with van der Waals surface area (Å²) >= 11 is 0. The van der Waals surface area contributed by atoms with Crippen LogP contribution in [-0.2, 0) is 16.4 Å². The molecule has 2 rings (SSSR count). The quantitative estimate of drug-likeness (QED) is 0.591. The zero-order valence-electron chi connectivity index (χ0n) is 16.2. The molecule has 0 saturated carbocycles. The van der Waals surface area contributed by atoms with Crippen LogP contribution in [0.2, 0.25) is 0 Å². The van der Waals surface area contributed by atoms with Crippen LogP contribution >= 0.6 is 0 Å². The van der Waals surface area contributed by atoms with Crippen molar-refractivity contribution in [2.45, 2.75) is 26.8 Å². The van der Waals surface area contributed by atoms with E-state index in [1.165, 1.54) is 6.26 Å². The number of nitrogens with zero attached hydrogens (tertiary/aromatic N) is 2. The van der Waals surface area contributed by atoms with E-state index in [0.717, 1.165) is 22.7 Å². The number of sulfone groups is 1. The maximum absolute atomic E-state index is 11.4. The maximum atomic E-state index is 11.4.